The second-order valence-corrected chi connectivity index (χ2v) is 6.31. The Labute approximate surface area is 147 Å². The summed E-state index contributed by atoms with van der Waals surface area (Å²) in [5, 5.41) is 32.8. The van der Waals surface area contributed by atoms with E-state index >= 15 is 0 Å². The third-order valence-electron chi connectivity index (χ3n) is 4.44. The van der Waals surface area contributed by atoms with Crippen LogP contribution in [-0.2, 0) is 18.0 Å². The molecule has 0 aliphatic carbocycles. The summed E-state index contributed by atoms with van der Waals surface area (Å²) >= 11 is 0. The molecule has 1 aliphatic rings. The molecule has 0 bridgehead atoms. The van der Waals surface area contributed by atoms with Gasteiger partial charge in [0.15, 0.2) is 5.69 Å². The molecule has 3 N–H and O–H groups in total. The molecule has 1 saturated heterocycles. The SMILES string of the molecule is Cn1nc(C(F)(F)F)cc1-c1cccc([C@H]2O[C@H](CO)[C@@H](O)C[C@@H]2O)c1. The second kappa shape index (κ2) is 6.99. The van der Waals surface area contributed by atoms with Crippen LogP contribution in [0, 0.1) is 0 Å². The fourth-order valence-electron chi connectivity index (χ4n) is 3.11. The van der Waals surface area contributed by atoms with E-state index in [0.717, 1.165) is 10.7 Å². The summed E-state index contributed by atoms with van der Waals surface area (Å²) in [7, 11) is 1.42. The number of nitrogens with zero attached hydrogens (tertiary/aromatic N) is 2. The van der Waals surface area contributed by atoms with Crippen LogP contribution in [0.5, 0.6) is 0 Å². The Morgan fingerprint density at radius 2 is 1.96 bits per heavy atom. The Kier molecular flexibility index (Phi) is 5.07. The van der Waals surface area contributed by atoms with E-state index in [9.17, 15) is 28.5 Å². The summed E-state index contributed by atoms with van der Waals surface area (Å²) in [5.74, 6) is 0. The van der Waals surface area contributed by atoms with E-state index in [1.165, 1.54) is 7.05 Å². The highest BCUT2D eigenvalue weighted by Gasteiger charge is 2.37. The van der Waals surface area contributed by atoms with Crippen LogP contribution in [0.4, 0.5) is 13.2 Å². The maximum absolute atomic E-state index is 12.9. The first-order valence-electron chi connectivity index (χ1n) is 8.04. The van der Waals surface area contributed by atoms with Gasteiger partial charge in [0.1, 0.15) is 12.2 Å². The number of ether oxygens (including phenoxy) is 1. The largest absolute Gasteiger partial charge is 0.435 e. The number of hydrogen-bond acceptors (Lipinski definition) is 5. The van der Waals surface area contributed by atoms with Crippen molar-refractivity contribution < 1.29 is 33.2 Å². The van der Waals surface area contributed by atoms with E-state index in [0.29, 0.717) is 11.1 Å². The maximum Gasteiger partial charge on any atom is 0.435 e. The molecule has 9 heteroatoms. The molecule has 4 atom stereocenters. The molecular weight excluding hydrogens is 353 g/mol. The summed E-state index contributed by atoms with van der Waals surface area (Å²) in [6, 6.07) is 7.51. The van der Waals surface area contributed by atoms with Gasteiger partial charge in [0.2, 0.25) is 0 Å². The normalized spacial score (nSPS) is 26.9. The van der Waals surface area contributed by atoms with Crippen molar-refractivity contribution in [2.45, 2.75) is 37.0 Å². The number of aromatic nitrogens is 2. The summed E-state index contributed by atoms with van der Waals surface area (Å²) in [6.07, 6.45) is -8.13. The zero-order chi connectivity index (χ0) is 19.1. The number of alkyl halides is 3. The molecule has 1 aromatic heterocycles. The molecule has 0 spiro atoms. The van der Waals surface area contributed by atoms with E-state index < -0.39 is 42.9 Å². The van der Waals surface area contributed by atoms with Gasteiger partial charge >= 0.3 is 6.18 Å². The lowest BCUT2D eigenvalue weighted by Gasteiger charge is -2.36. The number of rotatable bonds is 3. The average molecular weight is 372 g/mol. The average Bonchev–Trinajstić information content (AvgIpc) is 2.97. The summed E-state index contributed by atoms with van der Waals surface area (Å²) < 4.78 is 45.3. The number of aryl methyl sites for hydroxylation is 1. The quantitative estimate of drug-likeness (QED) is 0.763. The molecule has 0 saturated carbocycles. The molecule has 1 fully saturated rings. The minimum atomic E-state index is -4.54. The van der Waals surface area contributed by atoms with Gasteiger partial charge in [-0.3, -0.25) is 4.68 Å². The highest BCUT2D eigenvalue weighted by Crippen LogP contribution is 2.35. The fraction of sp³-hybridized carbons (Fsp3) is 0.471. The molecule has 3 rings (SSSR count). The zero-order valence-corrected chi connectivity index (χ0v) is 13.9. The predicted molar refractivity (Wildman–Crippen MR) is 85.0 cm³/mol. The minimum absolute atomic E-state index is 0.0318. The van der Waals surface area contributed by atoms with Crippen LogP contribution in [0.15, 0.2) is 30.3 Å². The van der Waals surface area contributed by atoms with Gasteiger partial charge in [0, 0.05) is 19.0 Å². The number of halogens is 3. The summed E-state index contributed by atoms with van der Waals surface area (Å²) in [5.41, 5.74) is 0.298. The molecule has 2 aromatic rings. The van der Waals surface area contributed by atoms with Gasteiger partial charge in [0.25, 0.3) is 0 Å². The topological polar surface area (TPSA) is 87.7 Å². The van der Waals surface area contributed by atoms with Gasteiger partial charge < -0.3 is 20.1 Å². The van der Waals surface area contributed by atoms with E-state index in [1.807, 2.05) is 0 Å². The molecule has 1 aliphatic heterocycles. The molecule has 1 aromatic carbocycles. The van der Waals surface area contributed by atoms with Gasteiger partial charge in [-0.25, -0.2) is 0 Å². The summed E-state index contributed by atoms with van der Waals surface area (Å²) in [4.78, 5) is 0. The first kappa shape index (κ1) is 18.8. The molecule has 26 heavy (non-hydrogen) atoms. The van der Waals surface area contributed by atoms with Crippen LogP contribution in [0.25, 0.3) is 11.3 Å². The molecule has 6 nitrogen and oxygen atoms in total. The Morgan fingerprint density at radius 3 is 2.58 bits per heavy atom. The van der Waals surface area contributed by atoms with Crippen molar-refractivity contribution in [2.75, 3.05) is 6.61 Å². The third-order valence-corrected chi connectivity index (χ3v) is 4.44. The fourth-order valence-corrected chi connectivity index (χ4v) is 3.11. The first-order chi connectivity index (χ1) is 12.2. The number of hydrogen-bond donors (Lipinski definition) is 3. The minimum Gasteiger partial charge on any atom is -0.394 e. The van der Waals surface area contributed by atoms with Gasteiger partial charge in [-0.2, -0.15) is 18.3 Å². The van der Waals surface area contributed by atoms with Crippen molar-refractivity contribution >= 4 is 0 Å². The molecule has 2 heterocycles. The third kappa shape index (κ3) is 3.61. The standard InChI is InChI=1S/C17H19F3N2O4/c1-22-11(6-15(21-22)17(18,19)20)9-3-2-4-10(5-9)16-13(25)7-12(24)14(8-23)26-16/h2-6,12-14,16,23-25H,7-8H2,1H3/t12-,13-,14+,16+/m0/s1. The van der Waals surface area contributed by atoms with Crippen molar-refractivity contribution in [3.8, 4) is 11.3 Å². The Balaban J connectivity index is 1.93. The van der Waals surface area contributed by atoms with Crippen LogP contribution in [0.2, 0.25) is 0 Å². The van der Waals surface area contributed by atoms with Crippen LogP contribution in [0.1, 0.15) is 23.8 Å². The van der Waals surface area contributed by atoms with Gasteiger partial charge in [-0.15, -0.1) is 0 Å². The molecular formula is C17H19F3N2O4. The summed E-state index contributed by atoms with van der Waals surface area (Å²) in [6.45, 7) is -0.402. The molecule has 0 amide bonds. The van der Waals surface area contributed by atoms with Crippen LogP contribution in [-0.4, -0.2) is 50.0 Å². The first-order valence-corrected chi connectivity index (χ1v) is 8.04. The van der Waals surface area contributed by atoms with Crippen molar-refractivity contribution in [2.24, 2.45) is 7.05 Å². The zero-order valence-electron chi connectivity index (χ0n) is 13.9. The van der Waals surface area contributed by atoms with Crippen LogP contribution >= 0.6 is 0 Å². The monoisotopic (exact) mass is 372 g/mol. The lowest BCUT2D eigenvalue weighted by Crippen LogP contribution is -2.44. The van der Waals surface area contributed by atoms with E-state index in [2.05, 4.69) is 5.10 Å². The van der Waals surface area contributed by atoms with Gasteiger partial charge in [-0.1, -0.05) is 18.2 Å². The Morgan fingerprint density at radius 1 is 1.23 bits per heavy atom. The van der Waals surface area contributed by atoms with Crippen LogP contribution < -0.4 is 0 Å². The second-order valence-electron chi connectivity index (χ2n) is 6.31. The van der Waals surface area contributed by atoms with E-state index in [4.69, 9.17) is 4.74 Å². The predicted octanol–water partition coefficient (Wildman–Crippen LogP) is 1.65. The van der Waals surface area contributed by atoms with Crippen molar-refractivity contribution in [1.29, 1.82) is 0 Å². The van der Waals surface area contributed by atoms with Crippen molar-refractivity contribution in [3.05, 3.63) is 41.6 Å². The van der Waals surface area contributed by atoms with E-state index in [-0.39, 0.29) is 12.1 Å². The lowest BCUT2D eigenvalue weighted by atomic mass is 9.92. The molecule has 0 unspecified atom stereocenters. The highest BCUT2D eigenvalue weighted by molar-refractivity contribution is 5.61. The maximum atomic E-state index is 12.9. The van der Waals surface area contributed by atoms with E-state index in [1.54, 1.807) is 24.3 Å². The lowest BCUT2D eigenvalue weighted by molar-refractivity contribution is -0.181. The number of aliphatic hydroxyl groups excluding tert-OH is 3. The molecule has 142 valence electrons. The Bertz CT molecular complexity index is 778. The smallest absolute Gasteiger partial charge is 0.394 e. The van der Waals surface area contributed by atoms with Crippen molar-refractivity contribution in [1.82, 2.24) is 9.78 Å². The highest BCUT2D eigenvalue weighted by atomic mass is 19.4. The number of aliphatic hydroxyl groups is 3. The molecule has 0 radical (unpaired) electrons. The Hall–Kier alpha value is -1.94. The van der Waals surface area contributed by atoms with Crippen LogP contribution in [0.3, 0.4) is 0 Å². The van der Waals surface area contributed by atoms with Gasteiger partial charge in [-0.05, 0) is 17.7 Å². The van der Waals surface area contributed by atoms with Gasteiger partial charge in [0.05, 0.1) is 24.5 Å². The number of benzene rings is 1. The van der Waals surface area contributed by atoms with Crippen molar-refractivity contribution in [3.63, 3.8) is 0 Å².